The molecule has 0 unspecified atom stereocenters. The van der Waals surface area contributed by atoms with E-state index in [1.165, 1.54) is 42.7 Å². The summed E-state index contributed by atoms with van der Waals surface area (Å²) in [6.07, 6.45) is -1.76. The van der Waals surface area contributed by atoms with Gasteiger partial charge in [0.25, 0.3) is 11.8 Å². The summed E-state index contributed by atoms with van der Waals surface area (Å²) >= 11 is 5.59. The maximum atomic E-state index is 13.0. The van der Waals surface area contributed by atoms with Gasteiger partial charge in [0, 0.05) is 23.6 Å². The Morgan fingerprint density at radius 3 is 2.28 bits per heavy atom. The van der Waals surface area contributed by atoms with Crippen LogP contribution in [0.15, 0.2) is 67.0 Å². The van der Waals surface area contributed by atoms with Gasteiger partial charge in [0.2, 0.25) is 0 Å². The average molecular weight is 420 g/mol. The number of benzene rings is 2. The molecule has 9 heteroatoms. The zero-order valence-electron chi connectivity index (χ0n) is 14.6. The number of alkyl halides is 3. The normalized spacial score (nSPS) is 11.0. The standard InChI is InChI=1S/C20H13ClF3N3O2/c21-16-6-5-13(11-15(16)20(22,23)24)26-19(29)14-3-1-2-4-17(14)27-18(28)12-7-9-25-10-8-12/h1-11H,(H,26,29)(H,27,28). The van der Waals surface area contributed by atoms with E-state index >= 15 is 0 Å². The van der Waals surface area contributed by atoms with Crippen molar-refractivity contribution in [2.24, 2.45) is 0 Å². The summed E-state index contributed by atoms with van der Waals surface area (Å²) in [6, 6.07) is 12.2. The largest absolute Gasteiger partial charge is 0.417 e. The minimum Gasteiger partial charge on any atom is -0.322 e. The second-order valence-corrected chi connectivity index (χ2v) is 6.29. The molecule has 0 saturated heterocycles. The highest BCUT2D eigenvalue weighted by Gasteiger charge is 2.33. The van der Waals surface area contributed by atoms with E-state index in [-0.39, 0.29) is 16.9 Å². The van der Waals surface area contributed by atoms with Crippen LogP contribution in [0.3, 0.4) is 0 Å². The lowest BCUT2D eigenvalue weighted by Crippen LogP contribution is -2.18. The fourth-order valence-electron chi connectivity index (χ4n) is 2.51. The number of carbonyl (C=O) groups excluding carboxylic acids is 2. The summed E-state index contributed by atoms with van der Waals surface area (Å²) in [5, 5.41) is 4.53. The summed E-state index contributed by atoms with van der Waals surface area (Å²) < 4.78 is 39.0. The van der Waals surface area contributed by atoms with E-state index in [0.29, 0.717) is 5.56 Å². The van der Waals surface area contributed by atoms with E-state index in [4.69, 9.17) is 11.6 Å². The Balaban J connectivity index is 1.83. The lowest BCUT2D eigenvalue weighted by atomic mass is 10.1. The van der Waals surface area contributed by atoms with Gasteiger partial charge in [-0.3, -0.25) is 14.6 Å². The average Bonchev–Trinajstić information content (AvgIpc) is 2.69. The third kappa shape index (κ3) is 4.91. The molecule has 1 heterocycles. The number of para-hydroxylation sites is 1. The van der Waals surface area contributed by atoms with Crippen LogP contribution in [0.1, 0.15) is 26.3 Å². The van der Waals surface area contributed by atoms with Crippen LogP contribution >= 0.6 is 11.6 Å². The molecule has 0 fully saturated rings. The fraction of sp³-hybridized carbons (Fsp3) is 0.0500. The second kappa shape index (κ2) is 8.32. The van der Waals surface area contributed by atoms with Crippen molar-refractivity contribution >= 4 is 34.8 Å². The van der Waals surface area contributed by atoms with E-state index in [2.05, 4.69) is 15.6 Å². The predicted molar refractivity (Wildman–Crippen MR) is 103 cm³/mol. The van der Waals surface area contributed by atoms with Crippen LogP contribution in [-0.4, -0.2) is 16.8 Å². The zero-order chi connectivity index (χ0) is 21.0. The molecule has 2 N–H and O–H groups in total. The third-order valence-electron chi connectivity index (χ3n) is 3.89. The molecule has 0 atom stereocenters. The lowest BCUT2D eigenvalue weighted by molar-refractivity contribution is -0.137. The number of nitrogens with one attached hydrogen (secondary N) is 2. The second-order valence-electron chi connectivity index (χ2n) is 5.88. The van der Waals surface area contributed by atoms with Crippen molar-refractivity contribution in [3.8, 4) is 0 Å². The van der Waals surface area contributed by atoms with Gasteiger partial charge >= 0.3 is 6.18 Å². The Morgan fingerprint density at radius 2 is 1.59 bits per heavy atom. The number of aromatic nitrogens is 1. The van der Waals surface area contributed by atoms with Gasteiger partial charge in [0.15, 0.2) is 0 Å². The summed E-state index contributed by atoms with van der Waals surface area (Å²) in [7, 11) is 0. The SMILES string of the molecule is O=C(Nc1ccccc1C(=O)Nc1ccc(Cl)c(C(F)(F)F)c1)c1ccncc1. The summed E-state index contributed by atoms with van der Waals surface area (Å²) in [6.45, 7) is 0. The number of rotatable bonds is 4. The number of amides is 2. The van der Waals surface area contributed by atoms with Gasteiger partial charge in [0.1, 0.15) is 0 Å². The van der Waals surface area contributed by atoms with Gasteiger partial charge in [-0.1, -0.05) is 23.7 Å². The number of anilines is 2. The quantitative estimate of drug-likeness (QED) is 0.606. The molecule has 3 rings (SSSR count). The molecule has 2 aromatic carbocycles. The van der Waals surface area contributed by atoms with E-state index in [9.17, 15) is 22.8 Å². The molecule has 0 spiro atoms. The topological polar surface area (TPSA) is 71.1 Å². The number of nitrogens with zero attached hydrogens (tertiary/aromatic N) is 1. The minimum absolute atomic E-state index is 0.0815. The maximum absolute atomic E-state index is 13.0. The monoisotopic (exact) mass is 419 g/mol. The maximum Gasteiger partial charge on any atom is 0.417 e. The highest BCUT2D eigenvalue weighted by atomic mass is 35.5. The van der Waals surface area contributed by atoms with Crippen molar-refractivity contribution in [2.75, 3.05) is 10.6 Å². The Labute approximate surface area is 168 Å². The van der Waals surface area contributed by atoms with Crippen LogP contribution in [0.25, 0.3) is 0 Å². The van der Waals surface area contributed by atoms with Gasteiger partial charge in [0.05, 0.1) is 21.8 Å². The van der Waals surface area contributed by atoms with Crippen LogP contribution in [0.2, 0.25) is 5.02 Å². The first-order valence-electron chi connectivity index (χ1n) is 8.24. The van der Waals surface area contributed by atoms with Crippen molar-refractivity contribution in [3.63, 3.8) is 0 Å². The predicted octanol–water partition coefficient (Wildman–Crippen LogP) is 5.26. The van der Waals surface area contributed by atoms with Crippen molar-refractivity contribution in [1.29, 1.82) is 0 Å². The van der Waals surface area contributed by atoms with Crippen molar-refractivity contribution in [1.82, 2.24) is 4.98 Å². The molecule has 5 nitrogen and oxygen atoms in total. The first kappa shape index (κ1) is 20.3. The third-order valence-corrected chi connectivity index (χ3v) is 4.22. The van der Waals surface area contributed by atoms with Crippen molar-refractivity contribution in [3.05, 3.63) is 88.7 Å². The molecule has 0 aliphatic heterocycles. The zero-order valence-corrected chi connectivity index (χ0v) is 15.4. The molecule has 3 aromatic rings. The van der Waals surface area contributed by atoms with Crippen molar-refractivity contribution in [2.45, 2.75) is 6.18 Å². The molecule has 0 bridgehead atoms. The Bertz CT molecular complexity index is 1060. The highest BCUT2D eigenvalue weighted by molar-refractivity contribution is 6.31. The molecule has 1 aromatic heterocycles. The van der Waals surface area contributed by atoms with E-state index in [0.717, 1.165) is 12.1 Å². The van der Waals surface area contributed by atoms with Gasteiger partial charge in [-0.15, -0.1) is 0 Å². The Morgan fingerprint density at radius 1 is 0.897 bits per heavy atom. The van der Waals surface area contributed by atoms with E-state index in [1.807, 2.05) is 0 Å². The molecule has 29 heavy (non-hydrogen) atoms. The van der Waals surface area contributed by atoms with Crippen LogP contribution in [0, 0.1) is 0 Å². The summed E-state index contributed by atoms with van der Waals surface area (Å²) in [4.78, 5) is 28.8. The Kier molecular flexibility index (Phi) is 5.84. The van der Waals surface area contributed by atoms with Gasteiger partial charge in [-0.05, 0) is 42.5 Å². The number of halogens is 4. The first-order chi connectivity index (χ1) is 13.8. The van der Waals surface area contributed by atoms with E-state index in [1.54, 1.807) is 12.1 Å². The number of hydrogen-bond donors (Lipinski definition) is 2. The molecule has 0 saturated carbocycles. The minimum atomic E-state index is -4.66. The molecular weight excluding hydrogens is 407 g/mol. The molecule has 0 radical (unpaired) electrons. The van der Waals surface area contributed by atoms with Crippen LogP contribution < -0.4 is 10.6 Å². The van der Waals surface area contributed by atoms with Gasteiger partial charge in [-0.25, -0.2) is 0 Å². The molecule has 2 amide bonds. The number of carbonyl (C=O) groups is 2. The van der Waals surface area contributed by atoms with Crippen LogP contribution in [-0.2, 0) is 6.18 Å². The van der Waals surface area contributed by atoms with E-state index < -0.39 is 28.6 Å². The van der Waals surface area contributed by atoms with Crippen molar-refractivity contribution < 1.29 is 22.8 Å². The van der Waals surface area contributed by atoms with Gasteiger partial charge in [-0.2, -0.15) is 13.2 Å². The molecular formula is C20H13ClF3N3O2. The Hall–Kier alpha value is -3.39. The number of hydrogen-bond acceptors (Lipinski definition) is 3. The first-order valence-corrected chi connectivity index (χ1v) is 8.62. The fourth-order valence-corrected chi connectivity index (χ4v) is 2.73. The summed E-state index contributed by atoms with van der Waals surface area (Å²) in [5.74, 6) is -1.15. The van der Waals surface area contributed by atoms with Crippen LogP contribution in [0.5, 0.6) is 0 Å². The molecule has 148 valence electrons. The molecule has 0 aliphatic carbocycles. The number of pyridine rings is 1. The highest BCUT2D eigenvalue weighted by Crippen LogP contribution is 2.36. The van der Waals surface area contributed by atoms with Gasteiger partial charge < -0.3 is 10.6 Å². The lowest BCUT2D eigenvalue weighted by Gasteiger charge is -2.14. The molecule has 0 aliphatic rings. The van der Waals surface area contributed by atoms with Crippen LogP contribution in [0.4, 0.5) is 24.5 Å². The smallest absolute Gasteiger partial charge is 0.322 e. The summed E-state index contributed by atoms with van der Waals surface area (Å²) in [5.41, 5.74) is -0.517.